The first-order chi connectivity index (χ1) is 7.88. The number of aryl methyl sites for hydroxylation is 1. The maximum atomic E-state index is 11.5. The van der Waals surface area contributed by atoms with Crippen molar-refractivity contribution in [3.8, 4) is 0 Å². The molecule has 0 radical (unpaired) electrons. The lowest BCUT2D eigenvalue weighted by Gasteiger charge is -2.08. The van der Waals surface area contributed by atoms with Gasteiger partial charge in [-0.05, 0) is 18.6 Å². The smallest absolute Gasteiger partial charge is 0.278 e. The van der Waals surface area contributed by atoms with Crippen molar-refractivity contribution in [2.45, 2.75) is 10.7 Å². The molecule has 0 fully saturated rings. The highest BCUT2D eigenvalue weighted by Gasteiger charge is 2.31. The topological polar surface area (TPSA) is 42.0 Å². The van der Waals surface area contributed by atoms with E-state index in [2.05, 4.69) is 10.3 Å². The molecular weight excluding hydrogens is 303 g/mol. The first-order valence-electron chi connectivity index (χ1n) is 4.62. The van der Waals surface area contributed by atoms with Gasteiger partial charge in [0.25, 0.3) is 9.70 Å². The minimum absolute atomic E-state index is 0.422. The summed E-state index contributed by atoms with van der Waals surface area (Å²) in [5, 5.41) is 2.89. The molecule has 0 aliphatic heterocycles. The van der Waals surface area contributed by atoms with Gasteiger partial charge in [0.2, 0.25) is 0 Å². The molecule has 1 N–H and O–H groups in total. The second-order valence-corrected chi connectivity index (χ2v) is 6.70. The number of carbonyl (C=O) groups excluding carboxylic acids is 1. The Morgan fingerprint density at radius 2 is 2.12 bits per heavy atom. The molecule has 0 aliphatic rings. The van der Waals surface area contributed by atoms with Gasteiger partial charge in [0.1, 0.15) is 0 Å². The van der Waals surface area contributed by atoms with Crippen LogP contribution >= 0.6 is 46.1 Å². The fourth-order valence-electron chi connectivity index (χ4n) is 1.31. The molecule has 1 aromatic heterocycles. The summed E-state index contributed by atoms with van der Waals surface area (Å²) in [7, 11) is 0. The lowest BCUT2D eigenvalue weighted by Crippen LogP contribution is -2.26. The zero-order valence-corrected chi connectivity index (χ0v) is 11.7. The van der Waals surface area contributed by atoms with Crippen LogP contribution in [0.5, 0.6) is 0 Å². The van der Waals surface area contributed by atoms with Crippen LogP contribution in [-0.2, 0) is 4.79 Å². The molecule has 2 aromatic rings. The molecule has 0 saturated carbocycles. The third kappa shape index (κ3) is 2.83. The number of benzene rings is 1. The summed E-state index contributed by atoms with van der Waals surface area (Å²) in [6.07, 6.45) is 0. The van der Waals surface area contributed by atoms with Gasteiger partial charge in [-0.15, -0.1) is 0 Å². The van der Waals surface area contributed by atoms with Crippen LogP contribution in [0.2, 0.25) is 0 Å². The zero-order valence-electron chi connectivity index (χ0n) is 8.63. The number of halogens is 3. The molecule has 1 amide bonds. The second kappa shape index (κ2) is 4.61. The van der Waals surface area contributed by atoms with Crippen molar-refractivity contribution in [2.24, 2.45) is 0 Å². The van der Waals surface area contributed by atoms with Gasteiger partial charge in [0, 0.05) is 0 Å². The quantitative estimate of drug-likeness (QED) is 0.811. The Balaban J connectivity index is 2.32. The minimum Gasteiger partial charge on any atom is -0.298 e. The third-order valence-corrected chi connectivity index (χ3v) is 3.55. The monoisotopic (exact) mass is 308 g/mol. The van der Waals surface area contributed by atoms with Gasteiger partial charge in [-0.3, -0.25) is 10.1 Å². The minimum atomic E-state index is -1.98. The van der Waals surface area contributed by atoms with Gasteiger partial charge < -0.3 is 0 Å². The van der Waals surface area contributed by atoms with E-state index in [1.807, 2.05) is 25.1 Å². The Kier molecular flexibility index (Phi) is 3.50. The van der Waals surface area contributed by atoms with Crippen LogP contribution < -0.4 is 5.32 Å². The van der Waals surface area contributed by atoms with E-state index in [0.717, 1.165) is 15.8 Å². The molecule has 17 heavy (non-hydrogen) atoms. The average molecular weight is 310 g/mol. The van der Waals surface area contributed by atoms with E-state index >= 15 is 0 Å². The van der Waals surface area contributed by atoms with Gasteiger partial charge in [-0.25, -0.2) is 4.98 Å². The Morgan fingerprint density at radius 3 is 2.71 bits per heavy atom. The van der Waals surface area contributed by atoms with Gasteiger partial charge in [0.05, 0.1) is 10.2 Å². The molecule has 0 spiro atoms. The van der Waals surface area contributed by atoms with Crippen LogP contribution in [0.1, 0.15) is 5.56 Å². The Morgan fingerprint density at radius 1 is 1.41 bits per heavy atom. The number of para-hydroxylation sites is 1. The summed E-state index contributed by atoms with van der Waals surface area (Å²) in [6, 6.07) is 5.80. The van der Waals surface area contributed by atoms with E-state index in [-0.39, 0.29) is 0 Å². The van der Waals surface area contributed by atoms with Gasteiger partial charge in [-0.2, -0.15) is 0 Å². The maximum Gasteiger partial charge on any atom is 0.278 e. The van der Waals surface area contributed by atoms with E-state index < -0.39 is 9.70 Å². The molecule has 7 heteroatoms. The van der Waals surface area contributed by atoms with Crippen LogP contribution in [0.15, 0.2) is 18.2 Å². The summed E-state index contributed by atoms with van der Waals surface area (Å²) in [5.74, 6) is -0.709. The second-order valence-electron chi connectivity index (χ2n) is 3.39. The van der Waals surface area contributed by atoms with Crippen molar-refractivity contribution in [3.05, 3.63) is 23.8 Å². The van der Waals surface area contributed by atoms with Crippen molar-refractivity contribution in [3.63, 3.8) is 0 Å². The standard InChI is InChI=1S/C10H7Cl3N2OS/c1-5-3-2-4-6-7(5)14-9(17-6)15-8(16)10(11,12)13/h2-4H,1H3,(H,14,15,16). The lowest BCUT2D eigenvalue weighted by molar-refractivity contribution is -0.115. The highest BCUT2D eigenvalue weighted by Crippen LogP contribution is 2.31. The molecule has 90 valence electrons. The first kappa shape index (κ1) is 12.9. The number of fused-ring (bicyclic) bond motifs is 1. The van der Waals surface area contributed by atoms with Crippen molar-refractivity contribution in [2.75, 3.05) is 5.32 Å². The fraction of sp³-hybridized carbons (Fsp3) is 0.200. The summed E-state index contributed by atoms with van der Waals surface area (Å²) < 4.78 is -1.00. The number of amides is 1. The Bertz CT molecular complexity index is 576. The Hall–Kier alpha value is -0.550. The summed E-state index contributed by atoms with van der Waals surface area (Å²) in [5.41, 5.74) is 1.88. The lowest BCUT2D eigenvalue weighted by atomic mass is 10.2. The summed E-state index contributed by atoms with van der Waals surface area (Å²) in [4.78, 5) is 15.7. The van der Waals surface area contributed by atoms with Crippen LogP contribution in [0, 0.1) is 6.92 Å². The van der Waals surface area contributed by atoms with Crippen LogP contribution in [0.25, 0.3) is 10.2 Å². The third-order valence-electron chi connectivity index (χ3n) is 2.10. The SMILES string of the molecule is Cc1cccc2sc(NC(=O)C(Cl)(Cl)Cl)nc12. The number of hydrogen-bond donors (Lipinski definition) is 1. The normalized spacial score (nSPS) is 11.8. The molecule has 0 atom stereocenters. The molecule has 0 bridgehead atoms. The number of thiazole rings is 1. The summed E-state index contributed by atoms with van der Waals surface area (Å²) >= 11 is 17.7. The number of hydrogen-bond acceptors (Lipinski definition) is 3. The molecule has 0 aliphatic carbocycles. The van der Waals surface area contributed by atoms with E-state index in [4.69, 9.17) is 34.8 Å². The van der Waals surface area contributed by atoms with Crippen molar-refractivity contribution in [1.82, 2.24) is 4.98 Å². The molecule has 2 rings (SSSR count). The largest absolute Gasteiger partial charge is 0.298 e. The van der Waals surface area contributed by atoms with Crippen molar-refractivity contribution >= 4 is 67.4 Å². The van der Waals surface area contributed by atoms with Crippen LogP contribution in [0.4, 0.5) is 5.13 Å². The first-order valence-corrected chi connectivity index (χ1v) is 6.57. The molecule has 1 aromatic carbocycles. The number of aromatic nitrogens is 1. The molecule has 3 nitrogen and oxygen atoms in total. The number of nitrogens with zero attached hydrogens (tertiary/aromatic N) is 1. The predicted molar refractivity (Wildman–Crippen MR) is 73.3 cm³/mol. The maximum absolute atomic E-state index is 11.5. The van der Waals surface area contributed by atoms with E-state index in [0.29, 0.717) is 5.13 Å². The van der Waals surface area contributed by atoms with E-state index in [1.165, 1.54) is 11.3 Å². The van der Waals surface area contributed by atoms with E-state index in [9.17, 15) is 4.79 Å². The van der Waals surface area contributed by atoms with Crippen LogP contribution in [-0.4, -0.2) is 14.7 Å². The fourth-order valence-corrected chi connectivity index (χ4v) is 2.39. The Labute approximate surface area is 117 Å². The number of carbonyl (C=O) groups is 1. The van der Waals surface area contributed by atoms with Crippen LogP contribution in [0.3, 0.4) is 0 Å². The molecule has 0 saturated heterocycles. The zero-order chi connectivity index (χ0) is 12.6. The van der Waals surface area contributed by atoms with Crippen molar-refractivity contribution in [1.29, 1.82) is 0 Å². The predicted octanol–water partition coefficient (Wildman–Crippen LogP) is 3.91. The highest BCUT2D eigenvalue weighted by atomic mass is 35.6. The number of rotatable bonds is 1. The van der Waals surface area contributed by atoms with Crippen molar-refractivity contribution < 1.29 is 4.79 Å². The molecule has 1 heterocycles. The van der Waals surface area contributed by atoms with Gasteiger partial charge in [-0.1, -0.05) is 58.3 Å². The molecule has 0 unspecified atom stereocenters. The molecular formula is C10H7Cl3N2OS. The number of nitrogens with one attached hydrogen (secondary N) is 1. The van der Waals surface area contributed by atoms with Gasteiger partial charge >= 0.3 is 0 Å². The highest BCUT2D eigenvalue weighted by molar-refractivity contribution is 7.22. The average Bonchev–Trinajstić information content (AvgIpc) is 2.60. The number of anilines is 1. The summed E-state index contributed by atoms with van der Waals surface area (Å²) in [6.45, 7) is 1.95. The van der Waals surface area contributed by atoms with Gasteiger partial charge in [0.15, 0.2) is 5.13 Å². The number of alkyl halides is 3. The van der Waals surface area contributed by atoms with E-state index in [1.54, 1.807) is 0 Å².